The van der Waals surface area contributed by atoms with Gasteiger partial charge in [-0.3, -0.25) is 0 Å². The Labute approximate surface area is 127 Å². The Bertz CT molecular complexity index is 840. The van der Waals surface area contributed by atoms with Gasteiger partial charge in [0.2, 0.25) is 5.89 Å². The molecule has 3 rings (SSSR count). The molecule has 22 heavy (non-hydrogen) atoms. The van der Waals surface area contributed by atoms with Gasteiger partial charge in [0.25, 0.3) is 0 Å². The highest BCUT2D eigenvalue weighted by atomic mass is 16.4. The molecule has 3 aromatic rings. The number of aromatic nitrogens is 2. The quantitative estimate of drug-likeness (QED) is 0.807. The summed E-state index contributed by atoms with van der Waals surface area (Å²) in [6, 6.07) is 13.0. The molecule has 1 heterocycles. The second kappa shape index (κ2) is 5.52. The van der Waals surface area contributed by atoms with Crippen molar-refractivity contribution in [3.8, 4) is 17.2 Å². The molecule has 5 heteroatoms. The van der Waals surface area contributed by atoms with E-state index >= 15 is 0 Å². The summed E-state index contributed by atoms with van der Waals surface area (Å²) >= 11 is 0. The molecule has 0 aliphatic heterocycles. The van der Waals surface area contributed by atoms with Crippen molar-refractivity contribution in [1.82, 2.24) is 9.78 Å². The maximum Gasteiger partial charge on any atom is 0.437 e. The van der Waals surface area contributed by atoms with Crippen molar-refractivity contribution in [3.63, 3.8) is 0 Å². The van der Waals surface area contributed by atoms with Crippen LogP contribution in [-0.2, 0) is 6.54 Å². The third-order valence-electron chi connectivity index (χ3n) is 3.51. The van der Waals surface area contributed by atoms with Crippen LogP contribution in [0.4, 0.5) is 0 Å². The van der Waals surface area contributed by atoms with Crippen LogP contribution in [-0.4, -0.2) is 14.9 Å². The lowest BCUT2D eigenvalue weighted by Crippen LogP contribution is -2.16. The van der Waals surface area contributed by atoms with Gasteiger partial charge in [-0.2, -0.15) is 4.68 Å². The molecule has 0 saturated heterocycles. The smallest absolute Gasteiger partial charge is 0.437 e. The third-order valence-corrected chi connectivity index (χ3v) is 3.51. The molecule has 0 aliphatic rings. The lowest BCUT2D eigenvalue weighted by atomic mass is 10.1. The van der Waals surface area contributed by atoms with Crippen LogP contribution in [0.2, 0.25) is 0 Å². The molecular formula is C17H16N2O3. The minimum Gasteiger partial charge on any atom is -0.507 e. The summed E-state index contributed by atoms with van der Waals surface area (Å²) in [7, 11) is 0. The minimum atomic E-state index is -0.498. The summed E-state index contributed by atoms with van der Waals surface area (Å²) in [5.41, 5.74) is 3.20. The van der Waals surface area contributed by atoms with E-state index in [2.05, 4.69) is 5.10 Å². The number of aromatic hydroxyl groups is 1. The standard InChI is InChI=1S/C17H16N2O3/c1-11-8-13(9-12(2)15(11)20)10-19-17(21)22-16(18-19)14-6-4-3-5-7-14/h3-9,20H,10H2,1-2H3. The first-order valence-electron chi connectivity index (χ1n) is 6.97. The first-order chi connectivity index (χ1) is 10.5. The minimum absolute atomic E-state index is 0.279. The van der Waals surface area contributed by atoms with Crippen LogP contribution in [0, 0.1) is 13.8 Å². The van der Waals surface area contributed by atoms with Crippen molar-refractivity contribution in [2.75, 3.05) is 0 Å². The second-order valence-corrected chi connectivity index (χ2v) is 5.28. The van der Waals surface area contributed by atoms with Gasteiger partial charge in [0.1, 0.15) is 5.75 Å². The van der Waals surface area contributed by atoms with Crippen molar-refractivity contribution in [2.45, 2.75) is 20.4 Å². The Kier molecular flexibility index (Phi) is 3.55. The zero-order chi connectivity index (χ0) is 15.7. The number of phenolic OH excluding ortho intramolecular Hbond substituents is 1. The van der Waals surface area contributed by atoms with Crippen molar-refractivity contribution in [2.24, 2.45) is 0 Å². The fourth-order valence-corrected chi connectivity index (χ4v) is 2.41. The van der Waals surface area contributed by atoms with Crippen LogP contribution >= 0.6 is 0 Å². The van der Waals surface area contributed by atoms with Crippen LogP contribution in [0.5, 0.6) is 5.75 Å². The van der Waals surface area contributed by atoms with Gasteiger partial charge in [0.05, 0.1) is 6.54 Å². The zero-order valence-electron chi connectivity index (χ0n) is 12.4. The van der Waals surface area contributed by atoms with Crippen LogP contribution in [0.25, 0.3) is 11.5 Å². The van der Waals surface area contributed by atoms with Crippen molar-refractivity contribution < 1.29 is 9.52 Å². The molecule has 0 aliphatic carbocycles. The molecule has 0 atom stereocenters. The van der Waals surface area contributed by atoms with Gasteiger partial charge in [-0.15, -0.1) is 5.10 Å². The molecule has 2 aromatic carbocycles. The van der Waals surface area contributed by atoms with Crippen molar-refractivity contribution in [3.05, 3.63) is 69.7 Å². The fourth-order valence-electron chi connectivity index (χ4n) is 2.41. The van der Waals surface area contributed by atoms with E-state index in [-0.39, 0.29) is 5.75 Å². The first kappa shape index (κ1) is 14.1. The van der Waals surface area contributed by atoms with Gasteiger partial charge in [-0.1, -0.05) is 30.3 Å². The second-order valence-electron chi connectivity index (χ2n) is 5.28. The largest absolute Gasteiger partial charge is 0.507 e. The van der Waals surface area contributed by atoms with E-state index in [1.807, 2.05) is 56.3 Å². The van der Waals surface area contributed by atoms with Crippen LogP contribution in [0.3, 0.4) is 0 Å². The van der Waals surface area contributed by atoms with Gasteiger partial charge < -0.3 is 9.52 Å². The van der Waals surface area contributed by atoms with Gasteiger partial charge >= 0.3 is 5.76 Å². The molecule has 112 valence electrons. The number of aryl methyl sites for hydroxylation is 2. The summed E-state index contributed by atoms with van der Waals surface area (Å²) < 4.78 is 6.49. The molecule has 0 bridgehead atoms. The van der Waals surface area contributed by atoms with Crippen LogP contribution in [0.15, 0.2) is 51.7 Å². The van der Waals surface area contributed by atoms with E-state index < -0.39 is 5.76 Å². The molecule has 0 fully saturated rings. The number of phenols is 1. The zero-order valence-corrected chi connectivity index (χ0v) is 12.4. The number of nitrogens with zero attached hydrogens (tertiary/aromatic N) is 2. The highest BCUT2D eigenvalue weighted by Crippen LogP contribution is 2.23. The molecular weight excluding hydrogens is 280 g/mol. The monoisotopic (exact) mass is 296 g/mol. The predicted octanol–water partition coefficient (Wildman–Crippen LogP) is 2.87. The van der Waals surface area contributed by atoms with E-state index in [1.165, 1.54) is 4.68 Å². The van der Waals surface area contributed by atoms with Crippen molar-refractivity contribution >= 4 is 0 Å². The Morgan fingerprint density at radius 2 is 1.77 bits per heavy atom. The highest BCUT2D eigenvalue weighted by Gasteiger charge is 2.11. The summed E-state index contributed by atoms with van der Waals surface area (Å²) in [4.78, 5) is 11.9. The molecule has 1 aromatic heterocycles. The Hall–Kier alpha value is -2.82. The number of hydrogen-bond donors (Lipinski definition) is 1. The third kappa shape index (κ3) is 2.65. The lowest BCUT2D eigenvalue weighted by Gasteiger charge is -2.07. The molecule has 0 saturated carbocycles. The molecule has 1 N–H and O–H groups in total. The molecule has 0 unspecified atom stereocenters. The maximum absolute atomic E-state index is 11.9. The van der Waals surface area contributed by atoms with E-state index in [4.69, 9.17) is 4.42 Å². The van der Waals surface area contributed by atoms with Gasteiger partial charge in [0.15, 0.2) is 0 Å². The van der Waals surface area contributed by atoms with Gasteiger partial charge in [-0.25, -0.2) is 4.79 Å². The normalized spacial score (nSPS) is 10.8. The first-order valence-corrected chi connectivity index (χ1v) is 6.97. The Morgan fingerprint density at radius 3 is 2.41 bits per heavy atom. The summed E-state index contributed by atoms with van der Waals surface area (Å²) in [6.45, 7) is 3.96. The maximum atomic E-state index is 11.9. The fraction of sp³-hybridized carbons (Fsp3) is 0.176. The highest BCUT2D eigenvalue weighted by molar-refractivity contribution is 5.51. The van der Waals surface area contributed by atoms with Gasteiger partial charge in [-0.05, 0) is 42.7 Å². The van der Waals surface area contributed by atoms with Crippen molar-refractivity contribution in [1.29, 1.82) is 0 Å². The van der Waals surface area contributed by atoms with E-state index in [0.29, 0.717) is 12.4 Å². The average Bonchev–Trinajstić information content (AvgIpc) is 2.87. The number of benzene rings is 2. The van der Waals surface area contributed by atoms with Crippen LogP contribution < -0.4 is 5.76 Å². The summed E-state index contributed by atoms with van der Waals surface area (Å²) in [5, 5.41) is 14.0. The molecule has 0 spiro atoms. The molecule has 5 nitrogen and oxygen atoms in total. The van der Waals surface area contributed by atoms with E-state index in [1.54, 1.807) is 0 Å². The lowest BCUT2D eigenvalue weighted by molar-refractivity contribution is 0.466. The van der Waals surface area contributed by atoms with E-state index in [0.717, 1.165) is 22.3 Å². The average molecular weight is 296 g/mol. The summed E-state index contributed by atoms with van der Waals surface area (Å²) in [6.07, 6.45) is 0. The number of rotatable bonds is 3. The summed E-state index contributed by atoms with van der Waals surface area (Å²) in [5.74, 6) is 0.0845. The van der Waals surface area contributed by atoms with Gasteiger partial charge in [0, 0.05) is 5.56 Å². The number of hydrogen-bond acceptors (Lipinski definition) is 4. The Morgan fingerprint density at radius 1 is 1.14 bits per heavy atom. The Balaban J connectivity index is 1.94. The molecule has 0 radical (unpaired) electrons. The topological polar surface area (TPSA) is 68.3 Å². The molecule has 0 amide bonds. The SMILES string of the molecule is Cc1cc(Cn2nc(-c3ccccc3)oc2=O)cc(C)c1O. The van der Waals surface area contributed by atoms with Crippen LogP contribution in [0.1, 0.15) is 16.7 Å². The van der Waals surface area contributed by atoms with E-state index in [9.17, 15) is 9.90 Å². The predicted molar refractivity (Wildman–Crippen MR) is 82.9 cm³/mol.